The van der Waals surface area contributed by atoms with Gasteiger partial charge in [-0.3, -0.25) is 0 Å². The molecule has 0 bridgehead atoms. The van der Waals surface area contributed by atoms with E-state index in [2.05, 4.69) is 30.6 Å². The SMILES string of the molecule is CCC[CH2][Sn]([C]#CC[C@@H]1CN(C(=O)N(C)Cc2ccccc2)C(=O)O1)([CH2]CCC)[CH2]CCC. The van der Waals surface area contributed by atoms with E-state index in [4.69, 9.17) is 4.74 Å². The molecule has 182 valence electrons. The second kappa shape index (κ2) is 14.6. The van der Waals surface area contributed by atoms with Crippen molar-refractivity contribution in [1.82, 2.24) is 9.80 Å². The Labute approximate surface area is 205 Å². The van der Waals surface area contributed by atoms with E-state index in [1.165, 1.54) is 56.7 Å². The number of urea groups is 1. The fourth-order valence-corrected chi connectivity index (χ4v) is 17.8. The summed E-state index contributed by atoms with van der Waals surface area (Å²) in [6.45, 7) is 7.54. The van der Waals surface area contributed by atoms with Gasteiger partial charge in [-0.25, -0.2) is 0 Å². The van der Waals surface area contributed by atoms with E-state index >= 15 is 0 Å². The topological polar surface area (TPSA) is 49.9 Å². The summed E-state index contributed by atoms with van der Waals surface area (Å²) in [6, 6.07) is 9.46. The van der Waals surface area contributed by atoms with Crippen molar-refractivity contribution >= 4 is 30.5 Å². The number of hydrogen-bond donors (Lipinski definition) is 0. The van der Waals surface area contributed by atoms with Crippen LogP contribution in [-0.4, -0.2) is 60.0 Å². The minimum atomic E-state index is -2.51. The molecule has 1 atom stereocenters. The van der Waals surface area contributed by atoms with Crippen molar-refractivity contribution in [3.63, 3.8) is 0 Å². The first-order valence-corrected chi connectivity index (χ1v) is 20.2. The van der Waals surface area contributed by atoms with Gasteiger partial charge in [-0.15, -0.1) is 0 Å². The van der Waals surface area contributed by atoms with E-state index in [-0.39, 0.29) is 18.7 Å². The van der Waals surface area contributed by atoms with E-state index in [1.807, 2.05) is 30.3 Å². The molecule has 2 rings (SSSR count). The van der Waals surface area contributed by atoms with Crippen LogP contribution in [0.4, 0.5) is 9.59 Å². The zero-order valence-corrected chi connectivity index (χ0v) is 23.9. The molecule has 33 heavy (non-hydrogen) atoms. The maximum atomic E-state index is 12.8. The Morgan fingerprint density at radius 3 is 2.18 bits per heavy atom. The molecule has 0 unspecified atom stereocenters. The van der Waals surface area contributed by atoms with Crippen molar-refractivity contribution in [1.29, 1.82) is 0 Å². The molecule has 6 heteroatoms. The first kappa shape index (κ1) is 27.6. The molecule has 0 aromatic heterocycles. The summed E-state index contributed by atoms with van der Waals surface area (Å²) in [6.07, 6.45) is 7.19. The molecular formula is C27H42N2O3Sn. The van der Waals surface area contributed by atoms with E-state index in [1.54, 1.807) is 11.9 Å². The molecule has 1 aromatic rings. The first-order chi connectivity index (χ1) is 15.9. The number of cyclic esters (lactones) is 1. The van der Waals surface area contributed by atoms with Crippen LogP contribution in [0, 0.1) is 9.86 Å². The molecule has 1 aliphatic rings. The number of benzene rings is 1. The summed E-state index contributed by atoms with van der Waals surface area (Å²) in [4.78, 5) is 28.0. The van der Waals surface area contributed by atoms with Crippen molar-refractivity contribution in [2.75, 3.05) is 13.6 Å². The molecule has 0 aliphatic carbocycles. The quantitative estimate of drug-likeness (QED) is 0.208. The normalized spacial score (nSPS) is 15.7. The summed E-state index contributed by atoms with van der Waals surface area (Å²) in [5, 5.41) is 0. The molecule has 1 heterocycles. The molecule has 3 amide bonds. The van der Waals surface area contributed by atoms with Gasteiger partial charge >= 0.3 is 200 Å². The third-order valence-corrected chi connectivity index (χ3v) is 19.6. The fourth-order valence-electron chi connectivity index (χ4n) is 4.38. The number of rotatable bonds is 12. The summed E-state index contributed by atoms with van der Waals surface area (Å²) in [5.74, 6) is 3.46. The number of carbonyl (C=O) groups is 2. The number of imide groups is 1. The second-order valence-corrected chi connectivity index (χ2v) is 21.6. The molecular weight excluding hydrogens is 519 g/mol. The van der Waals surface area contributed by atoms with Crippen LogP contribution in [0.2, 0.25) is 13.3 Å². The van der Waals surface area contributed by atoms with Gasteiger partial charge in [-0.2, -0.15) is 0 Å². The van der Waals surface area contributed by atoms with Gasteiger partial charge in [-0.05, 0) is 0 Å². The number of carbonyl (C=O) groups excluding carboxylic acids is 2. The molecule has 0 saturated carbocycles. The van der Waals surface area contributed by atoms with Gasteiger partial charge in [-0.1, -0.05) is 6.07 Å². The predicted octanol–water partition coefficient (Wildman–Crippen LogP) is 6.84. The van der Waals surface area contributed by atoms with Crippen molar-refractivity contribution in [3.8, 4) is 9.86 Å². The predicted molar refractivity (Wildman–Crippen MR) is 138 cm³/mol. The van der Waals surface area contributed by atoms with E-state index in [9.17, 15) is 9.59 Å². The number of amides is 3. The van der Waals surface area contributed by atoms with Crippen molar-refractivity contribution in [2.24, 2.45) is 0 Å². The Balaban J connectivity index is 2.00. The number of hydrogen-bond acceptors (Lipinski definition) is 3. The Morgan fingerprint density at radius 1 is 1.06 bits per heavy atom. The van der Waals surface area contributed by atoms with E-state index in [0.717, 1.165) is 5.56 Å². The van der Waals surface area contributed by atoms with Crippen molar-refractivity contribution in [3.05, 3.63) is 35.9 Å². The molecule has 0 spiro atoms. The Hall–Kier alpha value is -1.68. The van der Waals surface area contributed by atoms with Gasteiger partial charge in [0.2, 0.25) is 0 Å². The minimum absolute atomic E-state index is 0.285. The number of nitrogens with zero attached hydrogens (tertiary/aromatic N) is 2. The standard InChI is InChI=1S/C15H15N2O3.3C4H9.Sn/c1-3-7-13-11-17(15(19)20-13)14(18)16(2)10-12-8-5-4-6-9-12;3*1-3-4-2;/h4-6,8-9,13H,7,10-11H2,2H3;3*1,3-4H2,2H3;/t13-;;;;/m1..../s1. The summed E-state index contributed by atoms with van der Waals surface area (Å²) < 4.78 is 13.4. The van der Waals surface area contributed by atoms with Crippen LogP contribution in [0.15, 0.2) is 30.3 Å². The zero-order chi connectivity index (χ0) is 24.1. The summed E-state index contributed by atoms with van der Waals surface area (Å²) in [7, 11) is 1.72. The average molecular weight is 561 g/mol. The third-order valence-electron chi connectivity index (χ3n) is 6.40. The van der Waals surface area contributed by atoms with Crippen LogP contribution in [0.25, 0.3) is 0 Å². The van der Waals surface area contributed by atoms with Gasteiger partial charge in [0.15, 0.2) is 0 Å². The molecule has 1 aromatic carbocycles. The van der Waals surface area contributed by atoms with E-state index < -0.39 is 24.5 Å². The number of unbranched alkanes of at least 4 members (excludes halogenated alkanes) is 3. The Morgan fingerprint density at radius 2 is 1.64 bits per heavy atom. The Kier molecular flexibility index (Phi) is 12.2. The molecule has 1 saturated heterocycles. The monoisotopic (exact) mass is 562 g/mol. The van der Waals surface area contributed by atoms with Crippen LogP contribution in [0.3, 0.4) is 0 Å². The molecule has 0 radical (unpaired) electrons. The van der Waals surface area contributed by atoms with Crippen LogP contribution in [0.1, 0.15) is 71.3 Å². The van der Waals surface area contributed by atoms with Gasteiger partial charge < -0.3 is 0 Å². The van der Waals surface area contributed by atoms with Gasteiger partial charge in [0.05, 0.1) is 0 Å². The van der Waals surface area contributed by atoms with E-state index in [0.29, 0.717) is 13.0 Å². The van der Waals surface area contributed by atoms with Crippen LogP contribution in [-0.2, 0) is 11.3 Å². The average Bonchev–Trinajstić information content (AvgIpc) is 3.20. The number of ether oxygens (including phenoxy) is 1. The third kappa shape index (κ3) is 8.88. The molecule has 0 N–H and O–H groups in total. The molecule has 1 fully saturated rings. The molecule has 5 nitrogen and oxygen atoms in total. The van der Waals surface area contributed by atoms with Gasteiger partial charge in [0, 0.05) is 0 Å². The molecule has 1 aliphatic heterocycles. The fraction of sp³-hybridized carbons (Fsp3) is 0.630. The van der Waals surface area contributed by atoms with Crippen molar-refractivity contribution in [2.45, 2.75) is 91.7 Å². The summed E-state index contributed by atoms with van der Waals surface area (Å²) in [5.41, 5.74) is 1.03. The van der Waals surface area contributed by atoms with Gasteiger partial charge in [0.25, 0.3) is 0 Å². The summed E-state index contributed by atoms with van der Waals surface area (Å²) >= 11 is -2.51. The van der Waals surface area contributed by atoms with Crippen LogP contribution in [0.5, 0.6) is 0 Å². The maximum absolute atomic E-state index is 12.8. The Bertz CT molecular complexity index is 781. The first-order valence-electron chi connectivity index (χ1n) is 12.7. The van der Waals surface area contributed by atoms with Crippen LogP contribution >= 0.6 is 0 Å². The van der Waals surface area contributed by atoms with Crippen molar-refractivity contribution < 1.29 is 14.3 Å². The van der Waals surface area contributed by atoms with Crippen LogP contribution < -0.4 is 0 Å². The van der Waals surface area contributed by atoms with Gasteiger partial charge in [0.1, 0.15) is 0 Å². The zero-order valence-electron chi connectivity index (χ0n) is 21.1. The second-order valence-electron chi connectivity index (χ2n) is 9.34.